The molecule has 4 nitrogen and oxygen atoms in total. The summed E-state index contributed by atoms with van der Waals surface area (Å²) in [6.07, 6.45) is 2.63. The summed E-state index contributed by atoms with van der Waals surface area (Å²) < 4.78 is 27.1. The Kier molecular flexibility index (Phi) is 5.63. The van der Waals surface area contributed by atoms with Crippen LogP contribution in [-0.4, -0.2) is 13.4 Å². The van der Waals surface area contributed by atoms with Gasteiger partial charge in [-0.1, -0.05) is 60.2 Å². The fourth-order valence-corrected chi connectivity index (χ4v) is 4.51. The number of rotatable bonds is 7. The maximum absolute atomic E-state index is 12.2. The van der Waals surface area contributed by atoms with Gasteiger partial charge in [-0.05, 0) is 18.1 Å². The van der Waals surface area contributed by atoms with Crippen molar-refractivity contribution in [1.29, 1.82) is 0 Å². The summed E-state index contributed by atoms with van der Waals surface area (Å²) in [6.45, 7) is 2.21. The van der Waals surface area contributed by atoms with Crippen LogP contribution in [0.1, 0.15) is 26.6 Å². The normalized spacial score (nSPS) is 11.6. The summed E-state index contributed by atoms with van der Waals surface area (Å²) in [7, 11) is -3.38. The zero-order valence-electron chi connectivity index (χ0n) is 14.0. The first kappa shape index (κ1) is 17.8. The lowest BCUT2D eigenvalue weighted by Gasteiger charge is -2.05. The molecule has 0 aliphatic carbocycles. The lowest BCUT2D eigenvalue weighted by Crippen LogP contribution is -2.24. The molecule has 0 saturated heterocycles. The zero-order chi connectivity index (χ0) is 17.7. The van der Waals surface area contributed by atoms with Crippen LogP contribution in [0.3, 0.4) is 0 Å². The topological polar surface area (TPSA) is 59.1 Å². The Bertz CT molecular complexity index is 918. The minimum atomic E-state index is -3.38. The number of nitrogens with one attached hydrogen (secondary N) is 1. The molecule has 130 valence electrons. The number of thiazole rings is 1. The summed E-state index contributed by atoms with van der Waals surface area (Å²) in [5.74, 6) is -0.0183. The molecule has 0 bridgehead atoms. The van der Waals surface area contributed by atoms with Crippen LogP contribution < -0.4 is 4.72 Å². The Morgan fingerprint density at radius 2 is 1.72 bits per heavy atom. The van der Waals surface area contributed by atoms with Crippen LogP contribution >= 0.6 is 11.3 Å². The van der Waals surface area contributed by atoms with E-state index in [0.717, 1.165) is 27.4 Å². The predicted molar refractivity (Wildman–Crippen MR) is 102 cm³/mol. The maximum atomic E-state index is 12.2. The molecule has 0 aliphatic rings. The average molecular weight is 373 g/mol. The van der Waals surface area contributed by atoms with Gasteiger partial charge < -0.3 is 0 Å². The van der Waals surface area contributed by atoms with Gasteiger partial charge in [-0.25, -0.2) is 18.1 Å². The van der Waals surface area contributed by atoms with Gasteiger partial charge in [0.05, 0.1) is 12.3 Å². The quantitative estimate of drug-likeness (QED) is 0.688. The molecule has 0 atom stereocenters. The van der Waals surface area contributed by atoms with Crippen LogP contribution in [0.25, 0.3) is 0 Å². The SMILES string of the molecule is Cc1ccc(CS(=O)(=O)NCc2ncc(Cc3ccccc3)s2)cc1. The van der Waals surface area contributed by atoms with E-state index in [9.17, 15) is 8.42 Å². The fraction of sp³-hybridized carbons (Fsp3) is 0.211. The number of sulfonamides is 1. The molecule has 0 fully saturated rings. The van der Waals surface area contributed by atoms with Gasteiger partial charge in [-0.15, -0.1) is 11.3 Å². The number of hydrogen-bond acceptors (Lipinski definition) is 4. The summed E-state index contributed by atoms with van der Waals surface area (Å²) in [4.78, 5) is 5.45. The van der Waals surface area contributed by atoms with Gasteiger partial charge in [0.25, 0.3) is 0 Å². The Morgan fingerprint density at radius 3 is 2.44 bits per heavy atom. The van der Waals surface area contributed by atoms with Gasteiger partial charge in [0.1, 0.15) is 5.01 Å². The van der Waals surface area contributed by atoms with E-state index in [1.807, 2.05) is 55.6 Å². The van der Waals surface area contributed by atoms with Gasteiger partial charge >= 0.3 is 0 Å². The van der Waals surface area contributed by atoms with E-state index in [2.05, 4.69) is 21.8 Å². The van der Waals surface area contributed by atoms with Crippen molar-refractivity contribution >= 4 is 21.4 Å². The highest BCUT2D eigenvalue weighted by Crippen LogP contribution is 2.17. The molecule has 2 aromatic carbocycles. The molecule has 1 heterocycles. The third kappa shape index (κ3) is 5.49. The second-order valence-electron chi connectivity index (χ2n) is 5.95. The molecule has 0 unspecified atom stereocenters. The standard InChI is InChI=1S/C19H20N2O2S2/c1-15-7-9-17(10-8-15)14-25(22,23)21-13-19-20-12-18(24-19)11-16-5-3-2-4-6-16/h2-10,12,21H,11,13-14H2,1H3. The molecular formula is C19H20N2O2S2. The summed E-state index contributed by atoms with van der Waals surface area (Å²) >= 11 is 1.54. The first-order chi connectivity index (χ1) is 12.0. The van der Waals surface area contributed by atoms with Crippen molar-refractivity contribution in [1.82, 2.24) is 9.71 Å². The van der Waals surface area contributed by atoms with Crippen molar-refractivity contribution in [2.24, 2.45) is 0 Å². The summed E-state index contributed by atoms with van der Waals surface area (Å²) in [5, 5.41) is 0.776. The van der Waals surface area contributed by atoms with E-state index in [-0.39, 0.29) is 12.3 Å². The largest absolute Gasteiger partial charge is 0.248 e. The van der Waals surface area contributed by atoms with E-state index in [4.69, 9.17) is 0 Å². The number of hydrogen-bond donors (Lipinski definition) is 1. The monoisotopic (exact) mass is 372 g/mol. The van der Waals surface area contributed by atoms with Gasteiger partial charge in [0, 0.05) is 17.5 Å². The smallest absolute Gasteiger partial charge is 0.216 e. The van der Waals surface area contributed by atoms with E-state index < -0.39 is 10.0 Å². The minimum absolute atomic E-state index is 0.0183. The predicted octanol–water partition coefficient (Wildman–Crippen LogP) is 3.66. The number of nitrogens with zero attached hydrogens (tertiary/aromatic N) is 1. The van der Waals surface area contributed by atoms with Gasteiger partial charge in [-0.3, -0.25) is 0 Å². The average Bonchev–Trinajstić information content (AvgIpc) is 3.04. The number of aromatic nitrogens is 1. The maximum Gasteiger partial charge on any atom is 0.216 e. The lowest BCUT2D eigenvalue weighted by atomic mass is 10.1. The molecule has 25 heavy (non-hydrogen) atoms. The molecular weight excluding hydrogens is 352 g/mol. The Hall–Kier alpha value is -2.02. The van der Waals surface area contributed by atoms with E-state index in [0.29, 0.717) is 0 Å². The second-order valence-corrected chi connectivity index (χ2v) is 8.96. The Morgan fingerprint density at radius 1 is 1.00 bits per heavy atom. The van der Waals surface area contributed by atoms with Crippen molar-refractivity contribution in [3.05, 3.63) is 87.4 Å². The van der Waals surface area contributed by atoms with Crippen LogP contribution in [-0.2, 0) is 28.7 Å². The van der Waals surface area contributed by atoms with Crippen molar-refractivity contribution < 1.29 is 8.42 Å². The Labute approximate surface area is 152 Å². The summed E-state index contributed by atoms with van der Waals surface area (Å²) in [5.41, 5.74) is 3.11. The van der Waals surface area contributed by atoms with E-state index in [1.54, 1.807) is 0 Å². The minimum Gasteiger partial charge on any atom is -0.248 e. The van der Waals surface area contributed by atoms with Crippen molar-refractivity contribution in [3.63, 3.8) is 0 Å². The van der Waals surface area contributed by atoms with Crippen molar-refractivity contribution in [3.8, 4) is 0 Å². The van der Waals surface area contributed by atoms with Crippen LogP contribution in [0.15, 0.2) is 60.8 Å². The third-order valence-corrected chi connectivity index (χ3v) is 6.04. The molecule has 3 rings (SSSR count). The van der Waals surface area contributed by atoms with Gasteiger partial charge in [0.15, 0.2) is 0 Å². The molecule has 0 amide bonds. The van der Waals surface area contributed by atoms with Gasteiger partial charge in [0.2, 0.25) is 10.0 Å². The molecule has 1 aromatic heterocycles. The summed E-state index contributed by atoms with van der Waals surface area (Å²) in [6, 6.07) is 17.7. The van der Waals surface area contributed by atoms with Crippen LogP contribution in [0.5, 0.6) is 0 Å². The first-order valence-electron chi connectivity index (χ1n) is 8.00. The van der Waals surface area contributed by atoms with E-state index in [1.165, 1.54) is 16.9 Å². The highest BCUT2D eigenvalue weighted by molar-refractivity contribution is 7.88. The van der Waals surface area contributed by atoms with Crippen LogP contribution in [0.4, 0.5) is 0 Å². The molecule has 0 saturated carbocycles. The molecule has 0 radical (unpaired) electrons. The lowest BCUT2D eigenvalue weighted by molar-refractivity contribution is 0.580. The van der Waals surface area contributed by atoms with Crippen LogP contribution in [0, 0.1) is 6.92 Å². The van der Waals surface area contributed by atoms with Crippen LogP contribution in [0.2, 0.25) is 0 Å². The fourth-order valence-electron chi connectivity index (χ4n) is 2.43. The molecule has 0 spiro atoms. The van der Waals surface area contributed by atoms with Gasteiger partial charge in [-0.2, -0.15) is 0 Å². The highest BCUT2D eigenvalue weighted by Gasteiger charge is 2.12. The molecule has 6 heteroatoms. The molecule has 0 aliphatic heterocycles. The number of benzene rings is 2. The Balaban J connectivity index is 1.56. The number of aryl methyl sites for hydroxylation is 1. The highest BCUT2D eigenvalue weighted by atomic mass is 32.2. The van der Waals surface area contributed by atoms with Crippen molar-refractivity contribution in [2.45, 2.75) is 25.6 Å². The van der Waals surface area contributed by atoms with Crippen molar-refractivity contribution in [2.75, 3.05) is 0 Å². The molecule has 3 aromatic rings. The third-order valence-electron chi connectivity index (χ3n) is 3.74. The first-order valence-corrected chi connectivity index (χ1v) is 10.5. The zero-order valence-corrected chi connectivity index (χ0v) is 15.6. The molecule has 1 N–H and O–H groups in total. The second kappa shape index (κ2) is 7.91. The van der Waals surface area contributed by atoms with E-state index >= 15 is 0 Å².